The molecule has 3 rings (SSSR count). The van der Waals surface area contributed by atoms with Gasteiger partial charge in [0.15, 0.2) is 0 Å². The summed E-state index contributed by atoms with van der Waals surface area (Å²) in [6, 6.07) is 6.79. The van der Waals surface area contributed by atoms with E-state index in [0.29, 0.717) is 11.1 Å². The Morgan fingerprint density at radius 3 is 2.36 bits per heavy atom. The van der Waals surface area contributed by atoms with E-state index in [-0.39, 0.29) is 42.7 Å². The molecule has 0 bridgehead atoms. The maximum absolute atomic E-state index is 12.3. The molecule has 1 saturated heterocycles. The summed E-state index contributed by atoms with van der Waals surface area (Å²) in [4.78, 5) is 39.4. The first-order valence-corrected chi connectivity index (χ1v) is 7.01. The number of amides is 3. The molecule has 3 amide bonds. The van der Waals surface area contributed by atoms with E-state index in [2.05, 4.69) is 5.32 Å². The average Bonchev–Trinajstić information content (AvgIpc) is 3.11. The minimum atomic E-state index is -0.387. The first-order chi connectivity index (χ1) is 10.1. The predicted octanol–water partition coefficient (Wildman–Crippen LogP) is 0.525. The number of carbonyl (C=O) groups excluding carboxylic acids is 3. The van der Waals surface area contributed by atoms with E-state index >= 15 is 0 Å². The monoisotopic (exact) mass is 323 g/mol. The number of fused-ring (bicyclic) bond motifs is 1. The lowest BCUT2D eigenvalue weighted by Gasteiger charge is -2.25. The zero-order valence-corrected chi connectivity index (χ0v) is 13.1. The Bertz CT molecular complexity index is 579. The first-order valence-electron chi connectivity index (χ1n) is 7.01. The zero-order valence-electron chi connectivity index (χ0n) is 12.2. The molecule has 2 heterocycles. The van der Waals surface area contributed by atoms with Gasteiger partial charge in [0.1, 0.15) is 6.54 Å². The molecular weight excluding hydrogens is 306 g/mol. The van der Waals surface area contributed by atoms with Crippen molar-refractivity contribution < 1.29 is 14.4 Å². The van der Waals surface area contributed by atoms with Gasteiger partial charge in [-0.3, -0.25) is 19.3 Å². The molecule has 0 aliphatic carbocycles. The summed E-state index contributed by atoms with van der Waals surface area (Å²) in [5.74, 6) is -0.984. The third-order valence-corrected chi connectivity index (χ3v) is 4.15. The van der Waals surface area contributed by atoms with Crippen LogP contribution < -0.4 is 5.32 Å². The SMILES string of the molecule is CN(C(=O)CN1C(=O)c2ccccc2C1=O)C1CCNC1.Cl. The smallest absolute Gasteiger partial charge is 0.262 e. The summed E-state index contributed by atoms with van der Waals surface area (Å²) in [5, 5.41) is 3.19. The van der Waals surface area contributed by atoms with Crippen LogP contribution in [0.15, 0.2) is 24.3 Å². The van der Waals surface area contributed by atoms with E-state index in [1.807, 2.05) is 0 Å². The van der Waals surface area contributed by atoms with Gasteiger partial charge in [0, 0.05) is 19.6 Å². The number of nitrogens with zero attached hydrogens (tertiary/aromatic N) is 2. The van der Waals surface area contributed by atoms with Gasteiger partial charge in [-0.2, -0.15) is 0 Å². The highest BCUT2D eigenvalue weighted by Crippen LogP contribution is 2.22. The molecule has 1 aromatic rings. The summed E-state index contributed by atoms with van der Waals surface area (Å²) in [5.41, 5.74) is 0.751. The van der Waals surface area contributed by atoms with Crippen molar-refractivity contribution in [3.63, 3.8) is 0 Å². The Balaban J connectivity index is 0.00000176. The summed E-state index contributed by atoms with van der Waals surface area (Å²) >= 11 is 0. The van der Waals surface area contributed by atoms with Crippen LogP contribution >= 0.6 is 12.4 Å². The van der Waals surface area contributed by atoms with Gasteiger partial charge in [0.2, 0.25) is 5.91 Å². The molecule has 1 aromatic carbocycles. The van der Waals surface area contributed by atoms with Gasteiger partial charge in [-0.1, -0.05) is 12.1 Å². The molecule has 0 saturated carbocycles. The van der Waals surface area contributed by atoms with Crippen LogP contribution in [0.2, 0.25) is 0 Å². The fourth-order valence-corrected chi connectivity index (χ4v) is 2.80. The maximum atomic E-state index is 12.3. The zero-order chi connectivity index (χ0) is 15.0. The van der Waals surface area contributed by atoms with Gasteiger partial charge in [-0.25, -0.2) is 0 Å². The standard InChI is InChI=1S/C15H17N3O3.ClH/c1-17(10-6-7-16-8-10)13(19)9-18-14(20)11-4-2-3-5-12(11)15(18)21;/h2-5,10,16H,6-9H2,1H3;1H. The molecule has 22 heavy (non-hydrogen) atoms. The number of likely N-dealkylation sites (N-methyl/N-ethyl adjacent to an activating group) is 1. The summed E-state index contributed by atoms with van der Waals surface area (Å²) < 4.78 is 0. The molecule has 1 atom stereocenters. The quantitative estimate of drug-likeness (QED) is 0.824. The van der Waals surface area contributed by atoms with Crippen LogP contribution in [0.25, 0.3) is 0 Å². The third kappa shape index (κ3) is 2.71. The second-order valence-corrected chi connectivity index (χ2v) is 5.39. The largest absolute Gasteiger partial charge is 0.340 e. The molecule has 0 aromatic heterocycles. The number of benzene rings is 1. The Labute approximate surface area is 134 Å². The topological polar surface area (TPSA) is 69.7 Å². The lowest BCUT2D eigenvalue weighted by Crippen LogP contribution is -2.45. The van der Waals surface area contributed by atoms with Crippen LogP contribution in [0.3, 0.4) is 0 Å². The highest BCUT2D eigenvalue weighted by Gasteiger charge is 2.37. The lowest BCUT2D eigenvalue weighted by molar-refractivity contribution is -0.131. The predicted molar refractivity (Wildman–Crippen MR) is 83.1 cm³/mol. The van der Waals surface area contributed by atoms with Crippen molar-refractivity contribution in [2.24, 2.45) is 0 Å². The average molecular weight is 324 g/mol. The fourth-order valence-electron chi connectivity index (χ4n) is 2.80. The van der Waals surface area contributed by atoms with Gasteiger partial charge in [-0.05, 0) is 25.1 Å². The maximum Gasteiger partial charge on any atom is 0.262 e. The van der Waals surface area contributed by atoms with Crippen LogP contribution in [0.5, 0.6) is 0 Å². The van der Waals surface area contributed by atoms with Gasteiger partial charge < -0.3 is 10.2 Å². The molecule has 0 spiro atoms. The van der Waals surface area contributed by atoms with Crippen LogP contribution in [0.1, 0.15) is 27.1 Å². The molecule has 118 valence electrons. The van der Waals surface area contributed by atoms with Gasteiger partial charge >= 0.3 is 0 Å². The van der Waals surface area contributed by atoms with Crippen molar-refractivity contribution in [3.05, 3.63) is 35.4 Å². The highest BCUT2D eigenvalue weighted by molar-refractivity contribution is 6.22. The van der Waals surface area contributed by atoms with E-state index < -0.39 is 0 Å². The van der Waals surface area contributed by atoms with Crippen molar-refractivity contribution in [1.29, 1.82) is 0 Å². The van der Waals surface area contributed by atoms with E-state index in [4.69, 9.17) is 0 Å². The minimum Gasteiger partial charge on any atom is -0.340 e. The highest BCUT2D eigenvalue weighted by atomic mass is 35.5. The van der Waals surface area contributed by atoms with Crippen molar-refractivity contribution in [3.8, 4) is 0 Å². The van der Waals surface area contributed by atoms with Crippen LogP contribution in [-0.4, -0.2) is 60.2 Å². The second kappa shape index (κ2) is 6.46. The molecule has 2 aliphatic rings. The molecular formula is C15H18ClN3O3. The van der Waals surface area contributed by atoms with E-state index in [0.717, 1.165) is 24.4 Å². The summed E-state index contributed by atoms with van der Waals surface area (Å²) in [7, 11) is 1.72. The number of carbonyl (C=O) groups is 3. The van der Waals surface area contributed by atoms with Crippen molar-refractivity contribution >= 4 is 30.1 Å². The molecule has 2 aliphatic heterocycles. The van der Waals surface area contributed by atoms with Crippen LogP contribution in [0.4, 0.5) is 0 Å². The number of hydrogen-bond acceptors (Lipinski definition) is 4. The molecule has 6 nitrogen and oxygen atoms in total. The number of nitrogens with one attached hydrogen (secondary N) is 1. The van der Waals surface area contributed by atoms with Gasteiger partial charge in [0.25, 0.3) is 11.8 Å². The molecule has 7 heteroatoms. The number of halogens is 1. The van der Waals surface area contributed by atoms with E-state index in [1.54, 1.807) is 36.2 Å². The molecule has 1 N–H and O–H groups in total. The molecule has 1 unspecified atom stereocenters. The Morgan fingerprint density at radius 1 is 1.27 bits per heavy atom. The van der Waals surface area contributed by atoms with E-state index in [9.17, 15) is 14.4 Å². The van der Waals surface area contributed by atoms with Crippen molar-refractivity contribution in [1.82, 2.24) is 15.1 Å². The first kappa shape index (κ1) is 16.5. The van der Waals surface area contributed by atoms with Crippen molar-refractivity contribution in [2.45, 2.75) is 12.5 Å². The summed E-state index contributed by atoms with van der Waals surface area (Å²) in [6.45, 7) is 1.44. The molecule has 1 fully saturated rings. The Morgan fingerprint density at radius 2 is 1.86 bits per heavy atom. The van der Waals surface area contributed by atoms with Crippen LogP contribution in [-0.2, 0) is 4.79 Å². The molecule has 0 radical (unpaired) electrons. The number of imide groups is 1. The third-order valence-electron chi connectivity index (χ3n) is 4.15. The number of rotatable bonds is 3. The minimum absolute atomic E-state index is 0. The normalized spacial score (nSPS) is 19.9. The fraction of sp³-hybridized carbons (Fsp3) is 0.400. The lowest BCUT2D eigenvalue weighted by atomic mass is 10.1. The van der Waals surface area contributed by atoms with Gasteiger partial charge in [0.05, 0.1) is 11.1 Å². The van der Waals surface area contributed by atoms with Crippen LogP contribution in [0, 0.1) is 0 Å². The Kier molecular flexibility index (Phi) is 4.83. The van der Waals surface area contributed by atoms with Crippen molar-refractivity contribution in [2.75, 3.05) is 26.7 Å². The second-order valence-electron chi connectivity index (χ2n) is 5.39. The van der Waals surface area contributed by atoms with E-state index in [1.165, 1.54) is 0 Å². The van der Waals surface area contributed by atoms with Gasteiger partial charge in [-0.15, -0.1) is 12.4 Å². The number of hydrogen-bond donors (Lipinski definition) is 1. The summed E-state index contributed by atoms with van der Waals surface area (Å²) in [6.07, 6.45) is 0.893. The Hall–Kier alpha value is -1.92.